The average Bonchev–Trinajstić information content (AvgIpc) is 2.85. The number of rotatable bonds is 2. The molecule has 0 aliphatic heterocycles. The van der Waals surface area contributed by atoms with Gasteiger partial charge in [-0.2, -0.15) is 0 Å². The Morgan fingerprint density at radius 2 is 2.42 bits per heavy atom. The number of hydrogen-bond donors (Lipinski definition) is 1. The molecule has 1 saturated carbocycles. The van der Waals surface area contributed by atoms with Gasteiger partial charge in [0.1, 0.15) is 0 Å². The van der Waals surface area contributed by atoms with Gasteiger partial charge in [0.25, 0.3) is 0 Å². The maximum Gasteiger partial charge on any atom is 0.0465 e. The van der Waals surface area contributed by atoms with Crippen molar-refractivity contribution in [1.29, 1.82) is 0 Å². The Bertz CT molecular complexity index is 272. The summed E-state index contributed by atoms with van der Waals surface area (Å²) in [4.78, 5) is 4.28. The molecule has 0 bridgehead atoms. The van der Waals surface area contributed by atoms with Crippen LogP contribution in [-0.2, 0) is 0 Å². The number of aromatic nitrogens is 1. The van der Waals surface area contributed by atoms with Gasteiger partial charge in [-0.25, -0.2) is 0 Å². The van der Waals surface area contributed by atoms with E-state index in [0.717, 1.165) is 16.6 Å². The SMILES string of the molecule is OCC1CC1c1ccc(Br)cn1. The number of aliphatic hydroxyl groups excluding tert-OH is 1. The van der Waals surface area contributed by atoms with Crippen LogP contribution >= 0.6 is 15.9 Å². The summed E-state index contributed by atoms with van der Waals surface area (Å²) in [5, 5.41) is 8.86. The number of aliphatic hydroxyl groups is 1. The van der Waals surface area contributed by atoms with Crippen LogP contribution in [0.1, 0.15) is 18.0 Å². The van der Waals surface area contributed by atoms with Crippen LogP contribution < -0.4 is 0 Å². The Kier molecular flexibility index (Phi) is 2.15. The first-order valence-corrected chi connectivity index (χ1v) is 4.83. The first-order valence-electron chi connectivity index (χ1n) is 4.03. The van der Waals surface area contributed by atoms with E-state index in [4.69, 9.17) is 5.11 Å². The molecule has 1 aliphatic carbocycles. The summed E-state index contributed by atoms with van der Waals surface area (Å²) >= 11 is 3.34. The largest absolute Gasteiger partial charge is 0.396 e. The molecule has 12 heavy (non-hydrogen) atoms. The van der Waals surface area contributed by atoms with Gasteiger partial charge in [0, 0.05) is 28.9 Å². The van der Waals surface area contributed by atoms with E-state index in [2.05, 4.69) is 20.9 Å². The van der Waals surface area contributed by atoms with Gasteiger partial charge in [0.15, 0.2) is 0 Å². The fourth-order valence-corrected chi connectivity index (χ4v) is 1.65. The smallest absolute Gasteiger partial charge is 0.0465 e. The Balaban J connectivity index is 2.10. The zero-order valence-electron chi connectivity index (χ0n) is 6.57. The van der Waals surface area contributed by atoms with Crippen molar-refractivity contribution in [3.05, 3.63) is 28.5 Å². The second-order valence-electron chi connectivity index (χ2n) is 3.19. The molecule has 0 spiro atoms. The van der Waals surface area contributed by atoms with Gasteiger partial charge in [-0.15, -0.1) is 0 Å². The van der Waals surface area contributed by atoms with Crippen molar-refractivity contribution in [2.24, 2.45) is 5.92 Å². The van der Waals surface area contributed by atoms with Crippen LogP contribution in [0.3, 0.4) is 0 Å². The summed E-state index contributed by atoms with van der Waals surface area (Å²) in [6.07, 6.45) is 2.90. The Labute approximate surface area is 79.8 Å². The van der Waals surface area contributed by atoms with E-state index < -0.39 is 0 Å². The summed E-state index contributed by atoms with van der Waals surface area (Å²) in [7, 11) is 0. The molecule has 0 saturated heterocycles. The Hall–Kier alpha value is -0.410. The van der Waals surface area contributed by atoms with Gasteiger partial charge in [-0.1, -0.05) is 0 Å². The molecular weight excluding hydrogens is 218 g/mol. The highest BCUT2D eigenvalue weighted by Gasteiger charge is 2.38. The molecule has 0 radical (unpaired) electrons. The zero-order valence-corrected chi connectivity index (χ0v) is 8.16. The van der Waals surface area contributed by atoms with E-state index >= 15 is 0 Å². The summed E-state index contributed by atoms with van der Waals surface area (Å²) in [5.41, 5.74) is 1.11. The molecule has 3 heteroatoms. The van der Waals surface area contributed by atoms with Gasteiger partial charge in [-0.3, -0.25) is 4.98 Å². The molecule has 2 rings (SSSR count). The third-order valence-electron chi connectivity index (χ3n) is 2.29. The Morgan fingerprint density at radius 1 is 1.58 bits per heavy atom. The number of nitrogens with zero attached hydrogens (tertiary/aromatic N) is 1. The summed E-state index contributed by atoms with van der Waals surface area (Å²) in [6.45, 7) is 0.294. The standard InChI is InChI=1S/C9H10BrNO/c10-7-1-2-9(11-4-7)8-3-6(8)5-12/h1-2,4,6,8,12H,3,5H2. The summed E-state index contributed by atoms with van der Waals surface area (Å²) in [6, 6.07) is 4.01. The minimum Gasteiger partial charge on any atom is -0.396 e. The molecule has 1 N–H and O–H groups in total. The maximum absolute atomic E-state index is 8.86. The highest BCUT2D eigenvalue weighted by molar-refractivity contribution is 9.10. The molecule has 64 valence electrons. The normalized spacial score (nSPS) is 27.2. The van der Waals surface area contributed by atoms with E-state index in [1.54, 1.807) is 0 Å². The average molecular weight is 228 g/mol. The number of pyridine rings is 1. The van der Waals surface area contributed by atoms with Crippen LogP contribution in [0.15, 0.2) is 22.8 Å². The quantitative estimate of drug-likeness (QED) is 0.838. The first-order chi connectivity index (χ1) is 5.81. The third-order valence-corrected chi connectivity index (χ3v) is 2.76. The molecule has 1 aromatic rings. The van der Waals surface area contributed by atoms with E-state index in [9.17, 15) is 0 Å². The summed E-state index contributed by atoms with van der Waals surface area (Å²) in [5.74, 6) is 0.960. The van der Waals surface area contributed by atoms with Gasteiger partial charge >= 0.3 is 0 Å². The lowest BCUT2D eigenvalue weighted by Gasteiger charge is -1.97. The molecule has 2 nitrogen and oxygen atoms in total. The van der Waals surface area contributed by atoms with Crippen molar-refractivity contribution in [1.82, 2.24) is 4.98 Å². The molecule has 1 fully saturated rings. The van der Waals surface area contributed by atoms with Crippen molar-refractivity contribution in [3.8, 4) is 0 Å². The van der Waals surface area contributed by atoms with E-state index in [0.29, 0.717) is 18.4 Å². The van der Waals surface area contributed by atoms with Gasteiger partial charge in [-0.05, 0) is 40.4 Å². The van der Waals surface area contributed by atoms with Gasteiger partial charge in [0.2, 0.25) is 0 Å². The molecule has 1 aliphatic rings. The van der Waals surface area contributed by atoms with Crippen LogP contribution in [0.2, 0.25) is 0 Å². The second kappa shape index (κ2) is 3.15. The fraction of sp³-hybridized carbons (Fsp3) is 0.444. The molecule has 1 heterocycles. The highest BCUT2D eigenvalue weighted by Crippen LogP contribution is 2.46. The lowest BCUT2D eigenvalue weighted by molar-refractivity contribution is 0.273. The van der Waals surface area contributed by atoms with Crippen LogP contribution in [0.5, 0.6) is 0 Å². The van der Waals surface area contributed by atoms with Crippen molar-refractivity contribution in [2.45, 2.75) is 12.3 Å². The second-order valence-corrected chi connectivity index (χ2v) is 4.10. The van der Waals surface area contributed by atoms with Crippen molar-refractivity contribution in [3.63, 3.8) is 0 Å². The molecule has 2 unspecified atom stereocenters. The fourth-order valence-electron chi connectivity index (χ4n) is 1.42. The molecule has 0 aromatic carbocycles. The van der Waals surface area contributed by atoms with Crippen LogP contribution in [0, 0.1) is 5.92 Å². The van der Waals surface area contributed by atoms with Crippen LogP contribution in [0.25, 0.3) is 0 Å². The maximum atomic E-state index is 8.86. The minimum absolute atomic E-state index is 0.294. The van der Waals surface area contributed by atoms with Crippen LogP contribution in [0.4, 0.5) is 0 Å². The lowest BCUT2D eigenvalue weighted by atomic mass is 10.2. The van der Waals surface area contributed by atoms with Crippen molar-refractivity contribution >= 4 is 15.9 Å². The van der Waals surface area contributed by atoms with Gasteiger partial charge in [0.05, 0.1) is 0 Å². The highest BCUT2D eigenvalue weighted by atomic mass is 79.9. The monoisotopic (exact) mass is 227 g/mol. The number of halogens is 1. The third kappa shape index (κ3) is 1.52. The van der Waals surface area contributed by atoms with E-state index in [1.807, 2.05) is 18.3 Å². The van der Waals surface area contributed by atoms with Gasteiger partial charge < -0.3 is 5.11 Å². The topological polar surface area (TPSA) is 33.1 Å². The predicted molar refractivity (Wildman–Crippen MR) is 49.9 cm³/mol. The molecule has 0 amide bonds. The van der Waals surface area contributed by atoms with Crippen molar-refractivity contribution < 1.29 is 5.11 Å². The molecular formula is C9H10BrNO. The summed E-state index contributed by atoms with van der Waals surface area (Å²) < 4.78 is 1.01. The molecule has 2 atom stereocenters. The number of hydrogen-bond acceptors (Lipinski definition) is 2. The minimum atomic E-state index is 0.294. The Morgan fingerprint density at radius 3 is 2.92 bits per heavy atom. The zero-order chi connectivity index (χ0) is 8.55. The van der Waals surface area contributed by atoms with E-state index in [-0.39, 0.29) is 0 Å². The van der Waals surface area contributed by atoms with Crippen LogP contribution in [-0.4, -0.2) is 16.7 Å². The van der Waals surface area contributed by atoms with Crippen molar-refractivity contribution in [2.75, 3.05) is 6.61 Å². The lowest BCUT2D eigenvalue weighted by Crippen LogP contribution is -1.90. The molecule has 1 aromatic heterocycles. The first kappa shape index (κ1) is 8.20. The predicted octanol–water partition coefficient (Wildman–Crippen LogP) is 1.94. The van der Waals surface area contributed by atoms with E-state index in [1.165, 1.54) is 0 Å².